The first-order valence-corrected chi connectivity index (χ1v) is 9.44. The third-order valence-corrected chi connectivity index (χ3v) is 6.07. The average molecular weight is 372 g/mol. The first-order valence-electron chi connectivity index (χ1n) is 9.44. The highest BCUT2D eigenvalue weighted by molar-refractivity contribution is 5.85. The molecule has 0 spiro atoms. The molecule has 0 bridgehead atoms. The Morgan fingerprint density at radius 3 is 2.67 bits per heavy atom. The lowest BCUT2D eigenvalue weighted by Gasteiger charge is -2.19. The van der Waals surface area contributed by atoms with Crippen molar-refractivity contribution in [3.63, 3.8) is 0 Å². The lowest BCUT2D eigenvalue weighted by atomic mass is 9.92. The van der Waals surface area contributed by atoms with Crippen LogP contribution in [0.1, 0.15) is 29.9 Å². The van der Waals surface area contributed by atoms with Gasteiger partial charge in [0.05, 0.1) is 25.8 Å². The van der Waals surface area contributed by atoms with E-state index in [1.165, 1.54) is 18.7 Å². The number of carbonyl (C=O) groups excluding carboxylic acids is 1. The van der Waals surface area contributed by atoms with E-state index in [0.717, 1.165) is 42.4 Å². The van der Waals surface area contributed by atoms with Crippen molar-refractivity contribution < 1.29 is 18.7 Å². The van der Waals surface area contributed by atoms with Gasteiger partial charge in [-0.1, -0.05) is 0 Å². The van der Waals surface area contributed by atoms with E-state index in [4.69, 9.17) is 9.47 Å². The lowest BCUT2D eigenvalue weighted by Crippen LogP contribution is -2.29. The van der Waals surface area contributed by atoms with Gasteiger partial charge in [0.2, 0.25) is 0 Å². The van der Waals surface area contributed by atoms with Crippen LogP contribution in [0.2, 0.25) is 0 Å². The van der Waals surface area contributed by atoms with E-state index in [1.54, 1.807) is 13.2 Å². The number of hydrogen-bond acceptors (Lipinski definition) is 5. The van der Waals surface area contributed by atoms with Crippen molar-refractivity contribution in [2.45, 2.75) is 25.4 Å². The van der Waals surface area contributed by atoms with Crippen molar-refractivity contribution in [3.05, 3.63) is 41.3 Å². The molecule has 144 valence electrons. The number of hydrogen-bond donors (Lipinski definition) is 0. The molecule has 5 nitrogen and oxygen atoms in total. The monoisotopic (exact) mass is 372 g/mol. The largest absolute Gasteiger partial charge is 0.468 e. The molecular weight excluding hydrogens is 347 g/mol. The SMILES string of the molecule is COCc1cc(F)cc2c(C3C[C@@H]4CN(CC(=O)OC)C[C@@H]4C3)ccnc12. The number of fused-ring (bicyclic) bond motifs is 2. The third kappa shape index (κ3) is 3.56. The molecule has 1 aromatic carbocycles. The highest BCUT2D eigenvalue weighted by Crippen LogP contribution is 2.47. The number of ether oxygens (including phenoxy) is 2. The first-order chi connectivity index (χ1) is 13.1. The van der Waals surface area contributed by atoms with Gasteiger partial charge in [-0.15, -0.1) is 0 Å². The molecule has 1 saturated heterocycles. The molecule has 27 heavy (non-hydrogen) atoms. The molecule has 2 fully saturated rings. The molecule has 6 heteroatoms. The fourth-order valence-corrected chi connectivity index (χ4v) is 4.96. The summed E-state index contributed by atoms with van der Waals surface area (Å²) in [6.07, 6.45) is 3.96. The van der Waals surface area contributed by atoms with Crippen molar-refractivity contribution in [3.8, 4) is 0 Å². The van der Waals surface area contributed by atoms with E-state index >= 15 is 0 Å². The highest BCUT2D eigenvalue weighted by Gasteiger charge is 2.42. The zero-order valence-electron chi connectivity index (χ0n) is 15.8. The Morgan fingerprint density at radius 1 is 1.26 bits per heavy atom. The van der Waals surface area contributed by atoms with Crippen molar-refractivity contribution in [2.75, 3.05) is 33.9 Å². The Bertz CT molecular complexity index is 843. The topological polar surface area (TPSA) is 51.7 Å². The second-order valence-corrected chi connectivity index (χ2v) is 7.75. The summed E-state index contributed by atoms with van der Waals surface area (Å²) in [6.45, 7) is 2.59. The van der Waals surface area contributed by atoms with Crippen molar-refractivity contribution in [2.24, 2.45) is 11.8 Å². The maximum Gasteiger partial charge on any atom is 0.319 e. The average Bonchev–Trinajstić information content (AvgIpc) is 3.19. The fraction of sp³-hybridized carbons (Fsp3) is 0.524. The number of aromatic nitrogens is 1. The fourth-order valence-electron chi connectivity index (χ4n) is 4.96. The molecule has 1 aliphatic carbocycles. The quantitative estimate of drug-likeness (QED) is 0.755. The smallest absolute Gasteiger partial charge is 0.319 e. The molecule has 3 atom stereocenters. The number of methoxy groups -OCH3 is 2. The summed E-state index contributed by atoms with van der Waals surface area (Å²) in [5.74, 6) is 1.15. The number of pyridine rings is 1. The van der Waals surface area contributed by atoms with Crippen LogP contribution in [-0.4, -0.2) is 49.7 Å². The number of nitrogens with zero attached hydrogens (tertiary/aromatic N) is 2. The summed E-state index contributed by atoms with van der Waals surface area (Å²) in [5, 5.41) is 0.904. The summed E-state index contributed by atoms with van der Waals surface area (Å²) < 4.78 is 24.2. The molecule has 2 heterocycles. The van der Waals surface area contributed by atoms with Crippen LogP contribution < -0.4 is 0 Å². The summed E-state index contributed by atoms with van der Waals surface area (Å²) in [4.78, 5) is 18.2. The Labute approximate surface area is 158 Å². The molecule has 0 amide bonds. The van der Waals surface area contributed by atoms with Crippen LogP contribution in [0.5, 0.6) is 0 Å². The van der Waals surface area contributed by atoms with Crippen molar-refractivity contribution in [1.82, 2.24) is 9.88 Å². The van der Waals surface area contributed by atoms with Crippen LogP contribution in [0.3, 0.4) is 0 Å². The minimum absolute atomic E-state index is 0.173. The highest BCUT2D eigenvalue weighted by atomic mass is 19.1. The standard InChI is InChI=1S/C21H25FN2O3/c1-26-12-16-7-17(22)8-19-18(3-4-23-21(16)19)13-5-14-9-24(10-15(14)6-13)11-20(25)27-2/h3-4,7-8,13-15H,5-6,9-12H2,1-2H3/t13?,14-,15+. The molecule has 1 aliphatic heterocycles. The molecule has 4 rings (SSSR count). The van der Waals surface area contributed by atoms with Gasteiger partial charge in [0.15, 0.2) is 0 Å². The number of benzene rings is 1. The molecule has 0 N–H and O–H groups in total. The minimum atomic E-state index is -0.244. The molecule has 0 radical (unpaired) electrons. The Morgan fingerprint density at radius 2 is 2.00 bits per heavy atom. The van der Waals surface area contributed by atoms with Crippen molar-refractivity contribution in [1.29, 1.82) is 0 Å². The van der Waals surface area contributed by atoms with Gasteiger partial charge in [0.25, 0.3) is 0 Å². The van der Waals surface area contributed by atoms with Gasteiger partial charge in [-0.25, -0.2) is 4.39 Å². The molecular formula is C21H25FN2O3. The maximum absolute atomic E-state index is 14.2. The van der Waals surface area contributed by atoms with Gasteiger partial charge in [-0.3, -0.25) is 14.7 Å². The molecule has 1 aromatic heterocycles. The molecule has 2 aliphatic rings. The Kier molecular flexibility index (Phi) is 5.10. The molecule has 2 aromatic rings. The van der Waals surface area contributed by atoms with E-state index in [1.807, 2.05) is 12.3 Å². The third-order valence-electron chi connectivity index (χ3n) is 6.07. The molecule has 1 saturated carbocycles. The van der Waals surface area contributed by atoms with Crippen molar-refractivity contribution >= 4 is 16.9 Å². The predicted molar refractivity (Wildman–Crippen MR) is 99.8 cm³/mol. The number of halogens is 1. The van der Waals surface area contributed by atoms with Crippen LogP contribution in [0.25, 0.3) is 10.9 Å². The minimum Gasteiger partial charge on any atom is -0.468 e. The van der Waals surface area contributed by atoms with Crippen LogP contribution in [0, 0.1) is 17.7 Å². The van der Waals surface area contributed by atoms with Gasteiger partial charge in [-0.05, 0) is 54.4 Å². The summed E-state index contributed by atoms with van der Waals surface area (Å²) >= 11 is 0. The van der Waals surface area contributed by atoms with E-state index in [9.17, 15) is 9.18 Å². The zero-order chi connectivity index (χ0) is 19.0. The van der Waals surface area contributed by atoms with Gasteiger partial charge in [0.1, 0.15) is 5.82 Å². The second-order valence-electron chi connectivity index (χ2n) is 7.75. The normalized spacial score (nSPS) is 25.1. The number of esters is 1. The number of likely N-dealkylation sites (tertiary alicyclic amines) is 1. The Balaban J connectivity index is 1.56. The van der Waals surface area contributed by atoms with Gasteiger partial charge in [0, 0.05) is 37.3 Å². The van der Waals surface area contributed by atoms with Crippen LogP contribution in [0.15, 0.2) is 24.4 Å². The maximum atomic E-state index is 14.2. The number of carbonyl (C=O) groups is 1. The van der Waals surface area contributed by atoms with Crippen LogP contribution in [0.4, 0.5) is 4.39 Å². The van der Waals surface area contributed by atoms with Gasteiger partial charge < -0.3 is 9.47 Å². The second kappa shape index (κ2) is 7.52. The Hall–Kier alpha value is -2.05. The van der Waals surface area contributed by atoms with E-state index in [-0.39, 0.29) is 11.8 Å². The van der Waals surface area contributed by atoms with Gasteiger partial charge >= 0.3 is 5.97 Å². The van der Waals surface area contributed by atoms with Crippen LogP contribution >= 0.6 is 0 Å². The van der Waals surface area contributed by atoms with Crippen LogP contribution in [-0.2, 0) is 20.9 Å². The van der Waals surface area contributed by atoms with E-state index in [0.29, 0.717) is 30.9 Å². The van der Waals surface area contributed by atoms with E-state index in [2.05, 4.69) is 9.88 Å². The first kappa shape index (κ1) is 18.3. The number of rotatable bonds is 5. The predicted octanol–water partition coefficient (Wildman–Crippen LogP) is 3.12. The summed E-state index contributed by atoms with van der Waals surface area (Å²) in [6, 6.07) is 5.15. The molecule has 1 unspecified atom stereocenters. The van der Waals surface area contributed by atoms with E-state index < -0.39 is 0 Å². The summed E-state index contributed by atoms with van der Waals surface area (Å²) in [5.41, 5.74) is 2.81. The lowest BCUT2D eigenvalue weighted by molar-refractivity contribution is -0.141. The summed E-state index contributed by atoms with van der Waals surface area (Å²) in [7, 11) is 3.04. The van der Waals surface area contributed by atoms with Gasteiger partial charge in [-0.2, -0.15) is 0 Å². The zero-order valence-corrected chi connectivity index (χ0v) is 15.8.